The minimum Gasteiger partial charge on any atom is -1.00 e. The van der Waals surface area contributed by atoms with Crippen LogP contribution >= 0.6 is 0 Å². The van der Waals surface area contributed by atoms with Crippen molar-refractivity contribution in [3.63, 3.8) is 0 Å². The second-order valence-corrected chi connectivity index (χ2v) is 1.44. The Hall–Kier alpha value is 0.616. The van der Waals surface area contributed by atoms with Crippen LogP contribution in [0.3, 0.4) is 0 Å². The van der Waals surface area contributed by atoms with Crippen molar-refractivity contribution >= 4 is 23.1 Å². The third kappa shape index (κ3) is 4.47. The molecule has 0 bridgehead atoms. The Morgan fingerprint density at radius 1 is 1.43 bits per heavy atom. The minimum atomic E-state index is 0. The zero-order chi connectivity index (χ0) is 3.70. The van der Waals surface area contributed by atoms with Gasteiger partial charge in [0.05, 0.1) is 0 Å². The standard InChI is InChI=1S/C5H6.ClH.Mg/c1-2-5-3-4-5;;/h1,5H,3-4H2;1H;/q;;+2/p-1. The molecule has 0 N–H and O–H groups in total. The molecule has 0 aliphatic heterocycles. The van der Waals surface area contributed by atoms with Gasteiger partial charge in [0.15, 0.2) is 0 Å². The van der Waals surface area contributed by atoms with E-state index in [9.17, 15) is 0 Å². The van der Waals surface area contributed by atoms with E-state index in [2.05, 4.69) is 5.92 Å². The monoisotopic (exact) mass is 125 g/mol. The predicted molar refractivity (Wildman–Crippen MR) is 27.3 cm³/mol. The van der Waals surface area contributed by atoms with Gasteiger partial charge in [0.2, 0.25) is 0 Å². The van der Waals surface area contributed by atoms with Crippen LogP contribution in [-0.2, 0) is 0 Å². The van der Waals surface area contributed by atoms with Gasteiger partial charge < -0.3 is 12.4 Å². The van der Waals surface area contributed by atoms with Crippen LogP contribution in [0.15, 0.2) is 0 Å². The molecule has 7 heavy (non-hydrogen) atoms. The van der Waals surface area contributed by atoms with Crippen LogP contribution in [0.2, 0.25) is 0 Å². The first-order valence-corrected chi connectivity index (χ1v) is 1.89. The van der Waals surface area contributed by atoms with Gasteiger partial charge in [-0.3, -0.25) is 0 Å². The summed E-state index contributed by atoms with van der Waals surface area (Å²) < 4.78 is 0. The van der Waals surface area contributed by atoms with Gasteiger partial charge in [0.1, 0.15) is 0 Å². The molecule has 0 aromatic rings. The van der Waals surface area contributed by atoms with Crippen LogP contribution in [0.25, 0.3) is 0 Å². The Kier molecular flexibility index (Phi) is 7.20. The van der Waals surface area contributed by atoms with Crippen molar-refractivity contribution in [2.75, 3.05) is 0 Å². The summed E-state index contributed by atoms with van der Waals surface area (Å²) in [4.78, 5) is 0. The summed E-state index contributed by atoms with van der Waals surface area (Å²) in [5.41, 5.74) is 0. The molecular weight excluding hydrogens is 120 g/mol. The summed E-state index contributed by atoms with van der Waals surface area (Å²) >= 11 is 0. The summed E-state index contributed by atoms with van der Waals surface area (Å²) in [5, 5.41) is 0. The first-order valence-electron chi connectivity index (χ1n) is 1.89. The normalized spacial score (nSPS) is 15.3. The second kappa shape index (κ2) is 4.77. The summed E-state index contributed by atoms with van der Waals surface area (Å²) in [6.07, 6.45) is 7.53. The van der Waals surface area contributed by atoms with E-state index in [1.54, 1.807) is 0 Å². The Morgan fingerprint density at radius 3 is 1.86 bits per heavy atom. The summed E-state index contributed by atoms with van der Waals surface area (Å²) in [6, 6.07) is 0. The van der Waals surface area contributed by atoms with E-state index in [0.29, 0.717) is 5.92 Å². The molecule has 0 radical (unpaired) electrons. The number of hydrogen-bond donors (Lipinski definition) is 0. The number of hydrogen-bond acceptors (Lipinski definition) is 0. The molecule has 0 aromatic heterocycles. The molecule has 0 unspecified atom stereocenters. The van der Waals surface area contributed by atoms with Crippen molar-refractivity contribution in [2.24, 2.45) is 5.92 Å². The third-order valence-corrected chi connectivity index (χ3v) is 0.813. The van der Waals surface area contributed by atoms with E-state index in [4.69, 9.17) is 6.42 Å². The zero-order valence-corrected chi connectivity index (χ0v) is 6.32. The van der Waals surface area contributed by atoms with Crippen LogP contribution in [0.5, 0.6) is 0 Å². The Morgan fingerprint density at radius 2 is 1.86 bits per heavy atom. The molecule has 0 amide bonds. The van der Waals surface area contributed by atoms with E-state index in [1.807, 2.05) is 0 Å². The first-order chi connectivity index (χ1) is 2.43. The van der Waals surface area contributed by atoms with Crippen molar-refractivity contribution in [3.05, 3.63) is 0 Å². The zero-order valence-electron chi connectivity index (χ0n) is 4.15. The molecule has 1 saturated carbocycles. The van der Waals surface area contributed by atoms with Gasteiger partial charge in [0.25, 0.3) is 0 Å². The third-order valence-electron chi connectivity index (χ3n) is 0.813. The van der Waals surface area contributed by atoms with Crippen molar-refractivity contribution in [2.45, 2.75) is 12.8 Å². The summed E-state index contributed by atoms with van der Waals surface area (Å²) in [7, 11) is 0. The van der Waals surface area contributed by atoms with Crippen molar-refractivity contribution in [3.8, 4) is 12.3 Å². The van der Waals surface area contributed by atoms with Crippen LogP contribution in [0.4, 0.5) is 0 Å². The Balaban J connectivity index is 0. The Labute approximate surface area is 66.6 Å². The van der Waals surface area contributed by atoms with Gasteiger partial charge in [0, 0.05) is 5.92 Å². The SMILES string of the molecule is C#CC1CC1.[Cl-].[Mg+2]. The fraction of sp³-hybridized carbons (Fsp3) is 0.600. The van der Waals surface area contributed by atoms with E-state index in [1.165, 1.54) is 12.8 Å². The maximum atomic E-state index is 4.98. The molecule has 0 saturated heterocycles. The van der Waals surface area contributed by atoms with Gasteiger partial charge in [-0.1, -0.05) is 0 Å². The van der Waals surface area contributed by atoms with E-state index < -0.39 is 0 Å². The average molecular weight is 126 g/mol. The molecule has 1 fully saturated rings. The molecule has 2 heteroatoms. The fourth-order valence-corrected chi connectivity index (χ4v) is 0.250. The Bertz CT molecular complexity index is 70.6. The predicted octanol–water partition coefficient (Wildman–Crippen LogP) is -2.35. The van der Waals surface area contributed by atoms with Gasteiger partial charge >= 0.3 is 23.1 Å². The van der Waals surface area contributed by atoms with E-state index >= 15 is 0 Å². The summed E-state index contributed by atoms with van der Waals surface area (Å²) in [6.45, 7) is 0. The van der Waals surface area contributed by atoms with Crippen molar-refractivity contribution in [1.29, 1.82) is 0 Å². The number of terminal acetylenes is 1. The largest absolute Gasteiger partial charge is 2.00 e. The molecular formula is C5H6ClMg+. The fourth-order valence-electron chi connectivity index (χ4n) is 0.250. The molecule has 0 atom stereocenters. The molecule has 1 aliphatic carbocycles. The molecule has 0 spiro atoms. The van der Waals surface area contributed by atoms with Gasteiger partial charge in [-0.2, -0.15) is 0 Å². The maximum Gasteiger partial charge on any atom is 2.00 e. The molecule has 0 heterocycles. The van der Waals surface area contributed by atoms with Crippen molar-refractivity contribution < 1.29 is 12.4 Å². The molecule has 0 aromatic carbocycles. The van der Waals surface area contributed by atoms with Gasteiger partial charge in [-0.15, -0.1) is 12.3 Å². The molecule has 0 nitrogen and oxygen atoms in total. The molecule has 1 aliphatic rings. The summed E-state index contributed by atoms with van der Waals surface area (Å²) in [5.74, 6) is 3.30. The van der Waals surface area contributed by atoms with Crippen LogP contribution in [0, 0.1) is 18.3 Å². The van der Waals surface area contributed by atoms with E-state index in [-0.39, 0.29) is 35.5 Å². The van der Waals surface area contributed by atoms with E-state index in [0.717, 1.165) is 0 Å². The average Bonchev–Trinajstić information content (AvgIpc) is 2.12. The maximum absolute atomic E-state index is 4.98. The topological polar surface area (TPSA) is 0 Å². The molecule has 34 valence electrons. The minimum absolute atomic E-state index is 0. The van der Waals surface area contributed by atoms with Crippen molar-refractivity contribution in [1.82, 2.24) is 0 Å². The van der Waals surface area contributed by atoms with Gasteiger partial charge in [-0.05, 0) is 12.8 Å². The van der Waals surface area contributed by atoms with Crippen LogP contribution in [-0.4, -0.2) is 23.1 Å². The van der Waals surface area contributed by atoms with Crippen LogP contribution < -0.4 is 12.4 Å². The smallest absolute Gasteiger partial charge is 1.00 e. The van der Waals surface area contributed by atoms with Crippen LogP contribution in [0.1, 0.15) is 12.8 Å². The second-order valence-electron chi connectivity index (χ2n) is 1.44. The number of rotatable bonds is 0. The molecule has 1 rings (SSSR count). The number of halogens is 1. The van der Waals surface area contributed by atoms with Gasteiger partial charge in [-0.25, -0.2) is 0 Å². The first kappa shape index (κ1) is 10.6. The quantitative estimate of drug-likeness (QED) is 0.252.